The first kappa shape index (κ1) is 13.8. The highest BCUT2D eigenvalue weighted by atomic mass is 16.5. The van der Waals surface area contributed by atoms with Crippen molar-refractivity contribution in [1.82, 2.24) is 5.32 Å². The molecule has 1 unspecified atom stereocenters. The third-order valence-electron chi connectivity index (χ3n) is 2.55. The molecule has 1 rings (SSSR count). The maximum atomic E-state index is 8.82. The molecule has 0 fully saturated rings. The van der Waals surface area contributed by atoms with Crippen LogP contribution in [0.15, 0.2) is 18.2 Å². The summed E-state index contributed by atoms with van der Waals surface area (Å²) in [6.45, 7) is 5.34. The first-order valence-corrected chi connectivity index (χ1v) is 5.87. The smallest absolute Gasteiger partial charge is 0.127 e. The van der Waals surface area contributed by atoms with Crippen molar-refractivity contribution in [2.24, 2.45) is 0 Å². The van der Waals surface area contributed by atoms with E-state index in [1.54, 1.807) is 7.11 Å². The predicted molar refractivity (Wildman–Crippen MR) is 67.7 cm³/mol. The van der Waals surface area contributed by atoms with E-state index in [1.165, 1.54) is 0 Å². The summed E-state index contributed by atoms with van der Waals surface area (Å²) in [5.74, 6) is 1.51. The molecule has 0 aliphatic carbocycles. The van der Waals surface area contributed by atoms with Gasteiger partial charge < -0.3 is 19.9 Å². The molecular formula is C13H21NO3. The quantitative estimate of drug-likeness (QED) is 0.761. The molecule has 0 heterocycles. The molecule has 0 amide bonds. The van der Waals surface area contributed by atoms with Gasteiger partial charge in [0, 0.05) is 17.7 Å². The molecule has 0 aliphatic heterocycles. The van der Waals surface area contributed by atoms with Crippen LogP contribution in [0.1, 0.15) is 25.5 Å². The van der Waals surface area contributed by atoms with E-state index in [0.29, 0.717) is 6.61 Å². The Labute approximate surface area is 103 Å². The summed E-state index contributed by atoms with van der Waals surface area (Å²) < 4.78 is 10.7. The Morgan fingerprint density at radius 2 is 2.18 bits per heavy atom. The molecule has 1 aromatic rings. The van der Waals surface area contributed by atoms with Crippen LogP contribution in [0.3, 0.4) is 0 Å². The van der Waals surface area contributed by atoms with Gasteiger partial charge in [0.25, 0.3) is 0 Å². The number of rotatable bonds is 7. The van der Waals surface area contributed by atoms with E-state index in [1.807, 2.05) is 18.2 Å². The minimum absolute atomic E-state index is 0.00619. The summed E-state index contributed by atoms with van der Waals surface area (Å²) in [5.41, 5.74) is 1.07. The number of nitrogens with one attached hydrogen (secondary N) is 1. The number of hydrogen-bond acceptors (Lipinski definition) is 4. The van der Waals surface area contributed by atoms with Crippen LogP contribution in [0.2, 0.25) is 0 Å². The second-order valence-corrected chi connectivity index (χ2v) is 3.76. The second-order valence-electron chi connectivity index (χ2n) is 3.76. The van der Waals surface area contributed by atoms with Crippen molar-refractivity contribution in [3.05, 3.63) is 23.8 Å². The number of aliphatic hydroxyl groups is 1. The average Bonchev–Trinajstić information content (AvgIpc) is 2.36. The number of ether oxygens (including phenoxy) is 2. The highest BCUT2D eigenvalue weighted by Gasteiger charge is 2.11. The SMILES string of the molecule is CCNC(C)c1ccc(OC)cc1OCCO. The van der Waals surface area contributed by atoms with Crippen molar-refractivity contribution in [2.45, 2.75) is 19.9 Å². The molecule has 0 spiro atoms. The minimum Gasteiger partial charge on any atom is -0.497 e. The highest BCUT2D eigenvalue weighted by Crippen LogP contribution is 2.29. The summed E-state index contributed by atoms with van der Waals surface area (Å²) in [5, 5.41) is 12.1. The Balaban J connectivity index is 2.92. The lowest BCUT2D eigenvalue weighted by Crippen LogP contribution is -2.19. The third-order valence-corrected chi connectivity index (χ3v) is 2.55. The van der Waals surface area contributed by atoms with Crippen LogP contribution in [0.5, 0.6) is 11.5 Å². The zero-order valence-electron chi connectivity index (χ0n) is 10.7. The van der Waals surface area contributed by atoms with Crippen molar-refractivity contribution < 1.29 is 14.6 Å². The van der Waals surface area contributed by atoms with Crippen LogP contribution in [0.4, 0.5) is 0 Å². The summed E-state index contributed by atoms with van der Waals surface area (Å²) >= 11 is 0. The van der Waals surface area contributed by atoms with Crippen LogP contribution in [-0.4, -0.2) is 32.0 Å². The molecule has 96 valence electrons. The van der Waals surface area contributed by atoms with E-state index in [4.69, 9.17) is 14.6 Å². The lowest BCUT2D eigenvalue weighted by molar-refractivity contribution is 0.199. The van der Waals surface area contributed by atoms with E-state index in [2.05, 4.69) is 19.2 Å². The monoisotopic (exact) mass is 239 g/mol. The van der Waals surface area contributed by atoms with E-state index in [-0.39, 0.29) is 12.6 Å². The molecule has 1 aromatic carbocycles. The van der Waals surface area contributed by atoms with E-state index in [9.17, 15) is 0 Å². The van der Waals surface area contributed by atoms with Crippen LogP contribution in [0.25, 0.3) is 0 Å². The molecule has 0 aromatic heterocycles. The van der Waals surface area contributed by atoms with E-state index >= 15 is 0 Å². The van der Waals surface area contributed by atoms with Gasteiger partial charge in [-0.15, -0.1) is 0 Å². The fourth-order valence-electron chi connectivity index (χ4n) is 1.70. The maximum Gasteiger partial charge on any atom is 0.127 e. The van der Waals surface area contributed by atoms with Gasteiger partial charge >= 0.3 is 0 Å². The lowest BCUT2D eigenvalue weighted by Gasteiger charge is -2.18. The van der Waals surface area contributed by atoms with Crippen LogP contribution < -0.4 is 14.8 Å². The summed E-state index contributed by atoms with van der Waals surface area (Å²) in [6, 6.07) is 5.95. The molecule has 4 heteroatoms. The Morgan fingerprint density at radius 1 is 1.41 bits per heavy atom. The number of hydrogen-bond donors (Lipinski definition) is 2. The Kier molecular flexibility index (Phi) is 5.80. The van der Waals surface area contributed by atoms with Gasteiger partial charge in [-0.05, 0) is 19.5 Å². The van der Waals surface area contributed by atoms with Crippen molar-refractivity contribution in [1.29, 1.82) is 0 Å². The molecule has 0 aliphatic rings. The fraction of sp³-hybridized carbons (Fsp3) is 0.538. The van der Waals surface area contributed by atoms with Crippen molar-refractivity contribution in [3.8, 4) is 11.5 Å². The average molecular weight is 239 g/mol. The van der Waals surface area contributed by atoms with E-state index < -0.39 is 0 Å². The zero-order valence-corrected chi connectivity index (χ0v) is 10.7. The number of aliphatic hydroxyl groups excluding tert-OH is 1. The predicted octanol–water partition coefficient (Wildman–Crippen LogP) is 1.74. The summed E-state index contributed by atoms with van der Waals surface area (Å²) in [4.78, 5) is 0. The summed E-state index contributed by atoms with van der Waals surface area (Å²) in [7, 11) is 1.62. The molecule has 1 atom stereocenters. The Hall–Kier alpha value is -1.26. The first-order valence-electron chi connectivity index (χ1n) is 5.87. The van der Waals surface area contributed by atoms with Gasteiger partial charge in [0.1, 0.15) is 18.1 Å². The van der Waals surface area contributed by atoms with Gasteiger partial charge in [-0.25, -0.2) is 0 Å². The molecule has 0 bridgehead atoms. The minimum atomic E-state index is 0.00619. The van der Waals surface area contributed by atoms with Gasteiger partial charge in [0.2, 0.25) is 0 Å². The van der Waals surface area contributed by atoms with Crippen molar-refractivity contribution in [3.63, 3.8) is 0 Å². The molecular weight excluding hydrogens is 218 g/mol. The van der Waals surface area contributed by atoms with Gasteiger partial charge in [0.05, 0.1) is 13.7 Å². The molecule has 0 saturated heterocycles. The van der Waals surface area contributed by atoms with Gasteiger partial charge in [-0.3, -0.25) is 0 Å². The van der Waals surface area contributed by atoms with Crippen molar-refractivity contribution >= 4 is 0 Å². The Morgan fingerprint density at radius 3 is 2.76 bits per heavy atom. The topological polar surface area (TPSA) is 50.7 Å². The van der Waals surface area contributed by atoms with Gasteiger partial charge in [0.15, 0.2) is 0 Å². The largest absolute Gasteiger partial charge is 0.497 e. The molecule has 0 saturated carbocycles. The number of benzene rings is 1. The zero-order chi connectivity index (χ0) is 12.7. The van der Waals surface area contributed by atoms with Crippen molar-refractivity contribution in [2.75, 3.05) is 26.9 Å². The number of methoxy groups -OCH3 is 1. The molecule has 4 nitrogen and oxygen atoms in total. The van der Waals surface area contributed by atoms with Gasteiger partial charge in [-0.1, -0.05) is 13.0 Å². The van der Waals surface area contributed by atoms with Gasteiger partial charge in [-0.2, -0.15) is 0 Å². The summed E-state index contributed by atoms with van der Waals surface area (Å²) in [6.07, 6.45) is 0. The normalized spacial score (nSPS) is 12.2. The van der Waals surface area contributed by atoms with Crippen LogP contribution >= 0.6 is 0 Å². The van der Waals surface area contributed by atoms with E-state index in [0.717, 1.165) is 23.6 Å². The first-order chi connectivity index (χ1) is 8.22. The molecule has 17 heavy (non-hydrogen) atoms. The second kappa shape index (κ2) is 7.14. The molecule has 2 N–H and O–H groups in total. The van der Waals surface area contributed by atoms with Crippen LogP contribution in [-0.2, 0) is 0 Å². The van der Waals surface area contributed by atoms with Crippen LogP contribution in [0, 0.1) is 0 Å². The standard InChI is InChI=1S/C13H21NO3/c1-4-14-10(2)12-6-5-11(16-3)9-13(12)17-8-7-15/h5-6,9-10,14-15H,4,7-8H2,1-3H3. The third kappa shape index (κ3) is 3.91. The maximum absolute atomic E-state index is 8.82. The molecule has 0 radical (unpaired) electrons. The Bertz CT molecular complexity index is 341. The fourth-order valence-corrected chi connectivity index (χ4v) is 1.70. The lowest BCUT2D eigenvalue weighted by atomic mass is 10.1. The highest BCUT2D eigenvalue weighted by molar-refractivity contribution is 5.42.